The predicted molar refractivity (Wildman–Crippen MR) is 75.4 cm³/mol. The first-order valence-electron chi connectivity index (χ1n) is 5.95. The maximum Gasteiger partial charge on any atom is 0.264 e. The lowest BCUT2D eigenvalue weighted by Gasteiger charge is -2.32. The van der Waals surface area contributed by atoms with E-state index in [9.17, 15) is 21.0 Å². The monoisotopic (exact) mass is 311 g/mol. The van der Waals surface area contributed by atoms with Gasteiger partial charge in [-0.05, 0) is 31.3 Å². The first kappa shape index (κ1) is 15.3. The van der Waals surface area contributed by atoms with Gasteiger partial charge in [0.25, 0.3) is 5.54 Å². The van der Waals surface area contributed by atoms with Gasteiger partial charge in [0.1, 0.15) is 23.4 Å². The van der Waals surface area contributed by atoms with Crippen LogP contribution in [0.2, 0.25) is 0 Å². The van der Waals surface area contributed by atoms with Crippen LogP contribution >= 0.6 is 12.2 Å². The summed E-state index contributed by atoms with van der Waals surface area (Å²) in [7, 11) is 0. The molecule has 2 heterocycles. The van der Waals surface area contributed by atoms with Gasteiger partial charge in [0.15, 0.2) is 5.11 Å². The average Bonchev–Trinajstić information content (AvgIpc) is 3.11. The van der Waals surface area contributed by atoms with Gasteiger partial charge >= 0.3 is 0 Å². The largest absolute Gasteiger partial charge is 0.467 e. The van der Waals surface area contributed by atoms with Crippen LogP contribution in [0.15, 0.2) is 22.8 Å². The highest BCUT2D eigenvalue weighted by atomic mass is 32.1. The topological polar surface area (TPSA) is 150 Å². The summed E-state index contributed by atoms with van der Waals surface area (Å²) >= 11 is 4.86. The number of thiocarbonyl (C=S) groups is 1. The second-order valence-electron chi connectivity index (χ2n) is 4.80. The normalized spacial score (nSPS) is 24.5. The van der Waals surface area contributed by atoms with Gasteiger partial charge in [-0.1, -0.05) is 0 Å². The Kier molecular flexibility index (Phi) is 3.28. The van der Waals surface area contributed by atoms with Gasteiger partial charge in [-0.15, -0.1) is 0 Å². The molecule has 1 aromatic rings. The van der Waals surface area contributed by atoms with Crippen molar-refractivity contribution < 1.29 is 4.42 Å². The van der Waals surface area contributed by atoms with E-state index < -0.39 is 16.5 Å². The molecule has 0 bridgehead atoms. The van der Waals surface area contributed by atoms with Gasteiger partial charge < -0.3 is 10.2 Å². The highest BCUT2D eigenvalue weighted by Crippen LogP contribution is 2.53. The van der Waals surface area contributed by atoms with Crippen molar-refractivity contribution in [3.05, 3.63) is 24.2 Å². The number of nitriles is 4. The zero-order valence-electron chi connectivity index (χ0n) is 11.4. The van der Waals surface area contributed by atoms with Crippen molar-refractivity contribution in [2.45, 2.75) is 18.0 Å². The molecular formula is C13H9N7OS. The van der Waals surface area contributed by atoms with Crippen molar-refractivity contribution in [1.29, 1.82) is 21.0 Å². The molecule has 9 heteroatoms. The van der Waals surface area contributed by atoms with Gasteiger partial charge in [-0.3, -0.25) is 0 Å². The van der Waals surface area contributed by atoms with Crippen LogP contribution in [0.5, 0.6) is 0 Å². The lowest BCUT2D eigenvalue weighted by Crippen LogP contribution is -2.57. The first-order chi connectivity index (χ1) is 10.4. The molecule has 0 radical (unpaired) electrons. The summed E-state index contributed by atoms with van der Waals surface area (Å²) in [6, 6.07) is 10.1. The Balaban J connectivity index is 2.90. The molecule has 0 spiro atoms. The van der Waals surface area contributed by atoms with E-state index in [2.05, 4.69) is 5.43 Å². The molecule has 0 aromatic carbocycles. The number of nitrogens with one attached hydrogen (secondary N) is 1. The van der Waals surface area contributed by atoms with Gasteiger partial charge in [0.05, 0.1) is 18.4 Å². The molecular weight excluding hydrogens is 302 g/mol. The lowest BCUT2D eigenvalue weighted by atomic mass is 9.62. The molecule has 3 N–H and O–H groups in total. The molecule has 1 saturated heterocycles. The molecule has 1 aromatic heterocycles. The molecule has 2 rings (SSSR count). The van der Waals surface area contributed by atoms with E-state index in [0.717, 1.165) is 5.01 Å². The average molecular weight is 311 g/mol. The number of hydrogen-bond acceptors (Lipinski definition) is 7. The van der Waals surface area contributed by atoms with Gasteiger partial charge in [-0.25, -0.2) is 10.4 Å². The maximum absolute atomic E-state index is 9.68. The van der Waals surface area contributed by atoms with Crippen LogP contribution < -0.4 is 11.2 Å². The summed E-state index contributed by atoms with van der Waals surface area (Å²) in [5, 5.41) is 39.0. The van der Waals surface area contributed by atoms with E-state index in [4.69, 9.17) is 22.4 Å². The van der Waals surface area contributed by atoms with E-state index in [0.29, 0.717) is 0 Å². The number of furan rings is 1. The van der Waals surface area contributed by atoms with Crippen LogP contribution in [-0.4, -0.2) is 15.7 Å². The fourth-order valence-electron chi connectivity index (χ4n) is 2.65. The summed E-state index contributed by atoms with van der Waals surface area (Å²) < 4.78 is 5.30. The summed E-state index contributed by atoms with van der Waals surface area (Å²) in [5.41, 5.74) is 2.44. The molecule has 0 saturated carbocycles. The number of hydrogen-bond donors (Lipinski definition) is 2. The Hall–Kier alpha value is -3.11. The fraction of sp³-hybridized carbons (Fsp3) is 0.308. The van der Waals surface area contributed by atoms with Gasteiger partial charge in [0, 0.05) is 0 Å². The van der Waals surface area contributed by atoms with Crippen LogP contribution in [0.1, 0.15) is 12.7 Å². The Morgan fingerprint density at radius 2 is 1.86 bits per heavy atom. The van der Waals surface area contributed by atoms with Crippen molar-refractivity contribution >= 4 is 17.3 Å². The van der Waals surface area contributed by atoms with Crippen molar-refractivity contribution in [2.24, 2.45) is 11.1 Å². The molecule has 1 unspecified atom stereocenters. The fourth-order valence-corrected chi connectivity index (χ4v) is 2.83. The minimum Gasteiger partial charge on any atom is -0.467 e. The lowest BCUT2D eigenvalue weighted by molar-refractivity contribution is 0.221. The molecule has 1 aliphatic rings. The first-order valence-corrected chi connectivity index (χ1v) is 6.36. The van der Waals surface area contributed by atoms with Crippen LogP contribution in [0.4, 0.5) is 0 Å². The van der Waals surface area contributed by atoms with E-state index >= 15 is 0 Å². The van der Waals surface area contributed by atoms with E-state index in [1.807, 2.05) is 0 Å². The standard InChI is InChI=1S/C13H9N7OS/c1-11(9-3-2-4-21-9)12(5-14,6-15)13(7-16,8-17)20(19-11)10(18)22/h2-4,19H,1H3,(H2,18,22). The van der Waals surface area contributed by atoms with Crippen LogP contribution in [0.3, 0.4) is 0 Å². The van der Waals surface area contributed by atoms with E-state index in [-0.39, 0.29) is 10.9 Å². The molecule has 0 amide bonds. The van der Waals surface area contributed by atoms with Crippen LogP contribution in [-0.2, 0) is 5.54 Å². The predicted octanol–water partition coefficient (Wildman–Crippen LogP) is 0.378. The van der Waals surface area contributed by atoms with Crippen LogP contribution in [0, 0.1) is 50.7 Å². The summed E-state index contributed by atoms with van der Waals surface area (Å²) in [4.78, 5) is 0. The van der Waals surface area contributed by atoms with Crippen molar-refractivity contribution in [2.75, 3.05) is 0 Å². The Labute approximate surface area is 131 Å². The second-order valence-corrected chi connectivity index (χ2v) is 5.21. The second kappa shape index (κ2) is 4.72. The van der Waals surface area contributed by atoms with Crippen molar-refractivity contribution in [3.63, 3.8) is 0 Å². The molecule has 1 aliphatic heterocycles. The van der Waals surface area contributed by atoms with Gasteiger partial charge in [0.2, 0.25) is 5.41 Å². The number of hydrazine groups is 1. The molecule has 0 aliphatic carbocycles. The van der Waals surface area contributed by atoms with Crippen LogP contribution in [0.25, 0.3) is 0 Å². The SMILES string of the molecule is CC1(c2ccco2)NN(C(N)=S)C(C#N)(C#N)C1(C#N)C#N. The zero-order valence-corrected chi connectivity index (χ0v) is 12.2. The smallest absolute Gasteiger partial charge is 0.264 e. The Morgan fingerprint density at radius 3 is 2.23 bits per heavy atom. The highest BCUT2D eigenvalue weighted by molar-refractivity contribution is 7.80. The molecule has 8 nitrogen and oxygen atoms in total. The molecule has 22 heavy (non-hydrogen) atoms. The highest BCUT2D eigenvalue weighted by Gasteiger charge is 2.75. The summed E-state index contributed by atoms with van der Waals surface area (Å²) in [6.45, 7) is 1.47. The minimum atomic E-state index is -2.23. The zero-order chi connectivity index (χ0) is 16.6. The van der Waals surface area contributed by atoms with E-state index in [1.54, 1.807) is 30.3 Å². The number of nitrogens with zero attached hydrogens (tertiary/aromatic N) is 5. The molecule has 108 valence electrons. The number of nitrogens with two attached hydrogens (primary N) is 1. The van der Waals surface area contributed by atoms with Crippen molar-refractivity contribution in [3.8, 4) is 24.3 Å². The Bertz CT molecular complexity index is 760. The Morgan fingerprint density at radius 1 is 1.27 bits per heavy atom. The summed E-state index contributed by atoms with van der Waals surface area (Å²) in [6.07, 6.45) is 1.35. The molecule has 1 fully saturated rings. The minimum absolute atomic E-state index is 0.198. The maximum atomic E-state index is 9.68. The van der Waals surface area contributed by atoms with Crippen molar-refractivity contribution in [1.82, 2.24) is 10.4 Å². The number of rotatable bonds is 1. The molecule has 1 atom stereocenters. The third-order valence-electron chi connectivity index (χ3n) is 3.86. The quantitative estimate of drug-likeness (QED) is 0.701. The van der Waals surface area contributed by atoms with Gasteiger partial charge in [-0.2, -0.15) is 21.0 Å². The third kappa shape index (κ3) is 1.42. The summed E-state index contributed by atoms with van der Waals surface area (Å²) in [5.74, 6) is 0.198. The van der Waals surface area contributed by atoms with E-state index in [1.165, 1.54) is 19.3 Å². The third-order valence-corrected chi connectivity index (χ3v) is 4.04.